The Labute approximate surface area is 151 Å². The van der Waals surface area contributed by atoms with Gasteiger partial charge in [-0.05, 0) is 35.4 Å². The first-order chi connectivity index (χ1) is 12.6. The normalized spacial score (nSPS) is 10.3. The van der Waals surface area contributed by atoms with E-state index in [1.54, 1.807) is 30.3 Å². The van der Waals surface area contributed by atoms with Gasteiger partial charge in [-0.3, -0.25) is 4.79 Å². The van der Waals surface area contributed by atoms with Crippen molar-refractivity contribution in [3.63, 3.8) is 0 Å². The summed E-state index contributed by atoms with van der Waals surface area (Å²) in [6.45, 7) is 0.598. The minimum absolute atomic E-state index is 0.237. The summed E-state index contributed by atoms with van der Waals surface area (Å²) in [6, 6.07) is 20.5. The molecule has 4 nitrogen and oxygen atoms in total. The number of hydrogen-bond acceptors (Lipinski definition) is 3. The predicted molar refractivity (Wildman–Crippen MR) is 96.5 cm³/mol. The summed E-state index contributed by atoms with van der Waals surface area (Å²) < 4.78 is 24.4. The van der Waals surface area contributed by atoms with Gasteiger partial charge in [-0.2, -0.15) is 0 Å². The van der Waals surface area contributed by atoms with Crippen LogP contribution in [0.5, 0.6) is 11.5 Å². The van der Waals surface area contributed by atoms with Gasteiger partial charge in [0, 0.05) is 11.6 Å². The Balaban J connectivity index is 1.73. The van der Waals surface area contributed by atoms with E-state index in [1.807, 2.05) is 30.3 Å². The first-order valence-electron chi connectivity index (χ1n) is 8.09. The van der Waals surface area contributed by atoms with Gasteiger partial charge in [-0.15, -0.1) is 0 Å². The van der Waals surface area contributed by atoms with Gasteiger partial charge in [0.1, 0.15) is 30.5 Å². The molecule has 0 heterocycles. The van der Waals surface area contributed by atoms with E-state index >= 15 is 0 Å². The van der Waals surface area contributed by atoms with Gasteiger partial charge in [0.15, 0.2) is 0 Å². The van der Waals surface area contributed by atoms with E-state index in [0.717, 1.165) is 11.1 Å². The Bertz CT molecular complexity index is 880. The molecule has 0 aliphatic rings. The van der Waals surface area contributed by atoms with Crippen LogP contribution in [0.3, 0.4) is 0 Å². The van der Waals surface area contributed by atoms with E-state index in [1.165, 1.54) is 12.1 Å². The lowest BCUT2D eigenvalue weighted by Gasteiger charge is -2.12. The molecule has 3 rings (SSSR count). The van der Waals surface area contributed by atoms with E-state index in [0.29, 0.717) is 23.7 Å². The standard InChI is InChI=1S/C21H18FNO3/c22-18-8-6-16(7-9-18)14-26-20-11-17(21(23)24)10-19(12-20)25-13-15-4-2-1-3-5-15/h1-12H,13-14H2,(H2,23,24). The zero-order valence-electron chi connectivity index (χ0n) is 14.0. The summed E-state index contributed by atoms with van der Waals surface area (Å²) in [4.78, 5) is 11.6. The van der Waals surface area contributed by atoms with Gasteiger partial charge < -0.3 is 15.2 Å². The largest absolute Gasteiger partial charge is 0.489 e. The molecule has 132 valence electrons. The van der Waals surface area contributed by atoms with E-state index < -0.39 is 5.91 Å². The van der Waals surface area contributed by atoms with Crippen LogP contribution in [0, 0.1) is 5.82 Å². The number of carbonyl (C=O) groups is 1. The first kappa shape index (κ1) is 17.5. The number of rotatable bonds is 7. The van der Waals surface area contributed by atoms with Crippen LogP contribution >= 0.6 is 0 Å². The molecule has 0 radical (unpaired) electrons. The third kappa shape index (κ3) is 4.83. The Morgan fingerprint density at radius 2 is 1.35 bits per heavy atom. The molecule has 0 aliphatic heterocycles. The second-order valence-electron chi connectivity index (χ2n) is 5.75. The molecule has 0 unspecified atom stereocenters. The van der Waals surface area contributed by atoms with Crippen molar-refractivity contribution in [1.29, 1.82) is 0 Å². The Morgan fingerprint density at radius 1 is 0.808 bits per heavy atom. The van der Waals surface area contributed by atoms with Crippen molar-refractivity contribution < 1.29 is 18.7 Å². The number of halogens is 1. The second kappa shape index (κ2) is 8.16. The molecule has 1 amide bonds. The van der Waals surface area contributed by atoms with Crippen LogP contribution in [-0.4, -0.2) is 5.91 Å². The molecule has 0 spiro atoms. The minimum atomic E-state index is -0.568. The lowest BCUT2D eigenvalue weighted by molar-refractivity contribution is 0.0999. The molecule has 0 fully saturated rings. The van der Waals surface area contributed by atoms with Crippen molar-refractivity contribution in [2.24, 2.45) is 5.73 Å². The Hall–Kier alpha value is -3.34. The van der Waals surface area contributed by atoms with Crippen molar-refractivity contribution >= 4 is 5.91 Å². The summed E-state index contributed by atoms with van der Waals surface area (Å²) in [7, 11) is 0. The zero-order chi connectivity index (χ0) is 18.4. The SMILES string of the molecule is NC(=O)c1cc(OCc2ccccc2)cc(OCc2ccc(F)cc2)c1. The summed E-state index contributed by atoms with van der Waals surface area (Å²) >= 11 is 0. The van der Waals surface area contributed by atoms with E-state index in [-0.39, 0.29) is 12.4 Å². The van der Waals surface area contributed by atoms with Crippen LogP contribution < -0.4 is 15.2 Å². The number of hydrogen-bond donors (Lipinski definition) is 1. The molecule has 0 bridgehead atoms. The number of carbonyl (C=O) groups excluding carboxylic acids is 1. The average Bonchev–Trinajstić information content (AvgIpc) is 2.66. The summed E-state index contributed by atoms with van der Waals surface area (Å²) in [5, 5.41) is 0. The number of amides is 1. The van der Waals surface area contributed by atoms with Crippen LogP contribution in [0.25, 0.3) is 0 Å². The summed E-state index contributed by atoms with van der Waals surface area (Å²) in [5.41, 5.74) is 7.50. The fourth-order valence-electron chi connectivity index (χ4n) is 2.37. The summed E-state index contributed by atoms with van der Waals surface area (Å²) in [6.07, 6.45) is 0. The highest BCUT2D eigenvalue weighted by Crippen LogP contribution is 2.24. The molecule has 0 aliphatic carbocycles. The fraction of sp³-hybridized carbons (Fsp3) is 0.0952. The van der Waals surface area contributed by atoms with Crippen molar-refractivity contribution in [3.8, 4) is 11.5 Å². The van der Waals surface area contributed by atoms with Gasteiger partial charge >= 0.3 is 0 Å². The molecular weight excluding hydrogens is 333 g/mol. The Kier molecular flexibility index (Phi) is 5.49. The minimum Gasteiger partial charge on any atom is -0.489 e. The molecule has 3 aromatic rings. The highest BCUT2D eigenvalue weighted by atomic mass is 19.1. The highest BCUT2D eigenvalue weighted by molar-refractivity contribution is 5.93. The molecule has 0 saturated heterocycles. The first-order valence-corrected chi connectivity index (χ1v) is 8.09. The van der Waals surface area contributed by atoms with Gasteiger partial charge in [0.25, 0.3) is 0 Å². The average molecular weight is 351 g/mol. The molecular formula is C21H18FNO3. The molecule has 3 aromatic carbocycles. The number of benzene rings is 3. The molecule has 0 saturated carbocycles. The van der Waals surface area contributed by atoms with Gasteiger partial charge in [0.05, 0.1) is 0 Å². The van der Waals surface area contributed by atoms with Crippen LogP contribution in [-0.2, 0) is 13.2 Å². The smallest absolute Gasteiger partial charge is 0.248 e. The number of nitrogens with two attached hydrogens (primary N) is 1. The van der Waals surface area contributed by atoms with Gasteiger partial charge in [-0.1, -0.05) is 42.5 Å². The van der Waals surface area contributed by atoms with Crippen molar-refractivity contribution in [2.45, 2.75) is 13.2 Å². The lowest BCUT2D eigenvalue weighted by atomic mass is 10.2. The van der Waals surface area contributed by atoms with E-state index in [9.17, 15) is 9.18 Å². The maximum Gasteiger partial charge on any atom is 0.248 e. The second-order valence-corrected chi connectivity index (χ2v) is 5.75. The monoisotopic (exact) mass is 351 g/mol. The molecule has 26 heavy (non-hydrogen) atoms. The van der Waals surface area contributed by atoms with E-state index in [2.05, 4.69) is 0 Å². The van der Waals surface area contributed by atoms with E-state index in [4.69, 9.17) is 15.2 Å². The highest BCUT2D eigenvalue weighted by Gasteiger charge is 2.08. The van der Waals surface area contributed by atoms with Crippen molar-refractivity contribution in [2.75, 3.05) is 0 Å². The fourth-order valence-corrected chi connectivity index (χ4v) is 2.37. The summed E-state index contributed by atoms with van der Waals surface area (Å²) in [5.74, 6) is 0.0656. The van der Waals surface area contributed by atoms with Gasteiger partial charge in [0.2, 0.25) is 5.91 Å². The molecule has 0 atom stereocenters. The molecule has 5 heteroatoms. The molecule has 2 N–H and O–H groups in total. The zero-order valence-corrected chi connectivity index (χ0v) is 14.0. The van der Waals surface area contributed by atoms with Crippen LogP contribution in [0.15, 0.2) is 72.8 Å². The third-order valence-corrected chi connectivity index (χ3v) is 3.73. The number of primary amides is 1. The van der Waals surface area contributed by atoms with Gasteiger partial charge in [-0.25, -0.2) is 4.39 Å². The van der Waals surface area contributed by atoms with Crippen molar-refractivity contribution in [1.82, 2.24) is 0 Å². The quantitative estimate of drug-likeness (QED) is 0.698. The lowest BCUT2D eigenvalue weighted by Crippen LogP contribution is -2.11. The number of ether oxygens (including phenoxy) is 2. The van der Waals surface area contributed by atoms with Crippen LogP contribution in [0.1, 0.15) is 21.5 Å². The molecule has 0 aromatic heterocycles. The topological polar surface area (TPSA) is 61.6 Å². The maximum atomic E-state index is 13.0. The van der Waals surface area contributed by atoms with Crippen LogP contribution in [0.4, 0.5) is 4.39 Å². The van der Waals surface area contributed by atoms with Crippen LogP contribution in [0.2, 0.25) is 0 Å². The third-order valence-electron chi connectivity index (χ3n) is 3.73. The Morgan fingerprint density at radius 3 is 1.88 bits per heavy atom. The van der Waals surface area contributed by atoms with Crippen molar-refractivity contribution in [3.05, 3.63) is 95.3 Å². The predicted octanol–water partition coefficient (Wildman–Crippen LogP) is 4.08. The maximum absolute atomic E-state index is 13.0.